The maximum atomic E-state index is 12.5. The standard InChI is InChI=1S/C17H21F3O4/c1-16(2,3)24-15(23)13(11-7-5-4-6-8-11)12(14(21)22)9-10-17(18,19)20/h4-8,12-13H,9-10H2,1-3H3,(H,21,22). The zero-order valence-corrected chi connectivity index (χ0v) is 13.8. The molecule has 0 saturated heterocycles. The largest absolute Gasteiger partial charge is 0.481 e. The predicted molar refractivity (Wildman–Crippen MR) is 81.4 cm³/mol. The van der Waals surface area contributed by atoms with Crippen LogP contribution in [0.5, 0.6) is 0 Å². The number of benzene rings is 1. The lowest BCUT2D eigenvalue weighted by Crippen LogP contribution is -2.34. The van der Waals surface area contributed by atoms with Gasteiger partial charge in [0.25, 0.3) is 0 Å². The van der Waals surface area contributed by atoms with Crippen LogP contribution in [0.25, 0.3) is 0 Å². The van der Waals surface area contributed by atoms with E-state index in [-0.39, 0.29) is 0 Å². The quantitative estimate of drug-likeness (QED) is 0.786. The second kappa shape index (κ2) is 7.68. The Kier molecular flexibility index (Phi) is 6.40. The van der Waals surface area contributed by atoms with E-state index in [1.807, 2.05) is 0 Å². The van der Waals surface area contributed by atoms with Gasteiger partial charge in [0.15, 0.2) is 0 Å². The molecule has 134 valence electrons. The van der Waals surface area contributed by atoms with Crippen LogP contribution in [0.15, 0.2) is 30.3 Å². The number of aliphatic carboxylic acids is 1. The molecule has 0 aromatic heterocycles. The van der Waals surface area contributed by atoms with E-state index in [0.29, 0.717) is 5.56 Å². The Bertz CT molecular complexity index is 561. The third-order valence-corrected chi connectivity index (χ3v) is 3.28. The Morgan fingerprint density at radius 1 is 1.12 bits per heavy atom. The van der Waals surface area contributed by atoms with E-state index < -0.39 is 48.4 Å². The van der Waals surface area contributed by atoms with Crippen LogP contribution < -0.4 is 0 Å². The van der Waals surface area contributed by atoms with Crippen LogP contribution in [0, 0.1) is 5.92 Å². The summed E-state index contributed by atoms with van der Waals surface area (Å²) in [5.74, 6) is -5.13. The van der Waals surface area contributed by atoms with Crippen molar-refractivity contribution in [2.45, 2.75) is 51.3 Å². The number of rotatable bonds is 6. The SMILES string of the molecule is CC(C)(C)OC(=O)C(c1ccccc1)C(CCC(F)(F)F)C(=O)O. The normalized spacial score (nSPS) is 14.8. The van der Waals surface area contributed by atoms with Crippen LogP contribution in [-0.2, 0) is 14.3 Å². The highest BCUT2D eigenvalue weighted by Crippen LogP contribution is 2.34. The molecule has 0 aliphatic rings. The third kappa shape index (κ3) is 6.60. The number of carbonyl (C=O) groups is 2. The number of carboxylic acid groups (broad SMARTS) is 1. The number of ether oxygens (including phenoxy) is 1. The minimum Gasteiger partial charge on any atom is -0.481 e. The minimum atomic E-state index is -4.50. The predicted octanol–water partition coefficient (Wildman–Crippen LogP) is 4.16. The molecule has 0 fully saturated rings. The molecule has 7 heteroatoms. The molecule has 0 amide bonds. The Hall–Kier alpha value is -2.05. The fourth-order valence-corrected chi connectivity index (χ4v) is 2.31. The topological polar surface area (TPSA) is 63.6 Å². The van der Waals surface area contributed by atoms with Crippen LogP contribution in [0.2, 0.25) is 0 Å². The summed E-state index contributed by atoms with van der Waals surface area (Å²) in [6.45, 7) is 4.83. The molecule has 1 aromatic carbocycles. The van der Waals surface area contributed by atoms with Gasteiger partial charge in [0.1, 0.15) is 5.60 Å². The summed E-state index contributed by atoms with van der Waals surface area (Å²) in [4.78, 5) is 24.0. The maximum Gasteiger partial charge on any atom is 0.389 e. The minimum absolute atomic E-state index is 0.321. The van der Waals surface area contributed by atoms with Gasteiger partial charge in [0, 0.05) is 6.42 Å². The number of esters is 1. The van der Waals surface area contributed by atoms with Gasteiger partial charge in [0.05, 0.1) is 11.8 Å². The first-order valence-corrected chi connectivity index (χ1v) is 7.48. The van der Waals surface area contributed by atoms with E-state index in [0.717, 1.165) is 0 Å². The average Bonchev–Trinajstić information content (AvgIpc) is 2.40. The highest BCUT2D eigenvalue weighted by Gasteiger charge is 2.40. The van der Waals surface area contributed by atoms with E-state index in [9.17, 15) is 27.9 Å². The molecule has 1 rings (SSSR count). The van der Waals surface area contributed by atoms with Crippen molar-refractivity contribution in [3.63, 3.8) is 0 Å². The van der Waals surface area contributed by atoms with Crippen LogP contribution in [-0.4, -0.2) is 28.8 Å². The molecular formula is C17H21F3O4. The number of carboxylic acids is 1. The van der Waals surface area contributed by atoms with Crippen LogP contribution >= 0.6 is 0 Å². The van der Waals surface area contributed by atoms with Crippen molar-refractivity contribution in [3.05, 3.63) is 35.9 Å². The Balaban J connectivity index is 3.18. The smallest absolute Gasteiger partial charge is 0.389 e. The molecule has 1 N–H and O–H groups in total. The molecule has 0 spiro atoms. The number of hydrogen-bond donors (Lipinski definition) is 1. The van der Waals surface area contributed by atoms with E-state index in [1.165, 1.54) is 12.1 Å². The van der Waals surface area contributed by atoms with Gasteiger partial charge in [-0.05, 0) is 32.8 Å². The van der Waals surface area contributed by atoms with E-state index in [4.69, 9.17) is 4.74 Å². The first-order chi connectivity index (χ1) is 10.9. The summed E-state index contributed by atoms with van der Waals surface area (Å²) >= 11 is 0. The first-order valence-electron chi connectivity index (χ1n) is 7.48. The molecule has 4 nitrogen and oxygen atoms in total. The van der Waals surface area contributed by atoms with Crippen molar-refractivity contribution in [2.75, 3.05) is 0 Å². The van der Waals surface area contributed by atoms with Crippen molar-refractivity contribution >= 4 is 11.9 Å². The van der Waals surface area contributed by atoms with E-state index >= 15 is 0 Å². The van der Waals surface area contributed by atoms with Gasteiger partial charge in [0.2, 0.25) is 0 Å². The Morgan fingerprint density at radius 2 is 1.67 bits per heavy atom. The molecule has 0 heterocycles. The van der Waals surface area contributed by atoms with Crippen molar-refractivity contribution in [3.8, 4) is 0 Å². The van der Waals surface area contributed by atoms with Crippen molar-refractivity contribution < 1.29 is 32.6 Å². The van der Waals surface area contributed by atoms with Crippen molar-refractivity contribution in [1.82, 2.24) is 0 Å². The van der Waals surface area contributed by atoms with Crippen molar-refractivity contribution in [1.29, 1.82) is 0 Å². The summed E-state index contributed by atoms with van der Waals surface area (Å²) in [6, 6.07) is 7.88. The number of alkyl halides is 3. The molecular weight excluding hydrogens is 325 g/mol. The Morgan fingerprint density at radius 3 is 2.08 bits per heavy atom. The summed E-state index contributed by atoms with van der Waals surface area (Å²) in [7, 11) is 0. The fourth-order valence-electron chi connectivity index (χ4n) is 2.31. The molecule has 0 bridgehead atoms. The second-order valence-corrected chi connectivity index (χ2v) is 6.52. The van der Waals surface area contributed by atoms with E-state index in [1.54, 1.807) is 39.0 Å². The summed E-state index contributed by atoms with van der Waals surface area (Å²) in [5, 5.41) is 9.37. The molecule has 2 unspecified atom stereocenters. The molecule has 1 aromatic rings. The number of carbonyl (C=O) groups excluding carboxylic acids is 1. The van der Waals surface area contributed by atoms with Gasteiger partial charge in [-0.15, -0.1) is 0 Å². The van der Waals surface area contributed by atoms with Gasteiger partial charge in [-0.2, -0.15) is 13.2 Å². The van der Waals surface area contributed by atoms with E-state index in [2.05, 4.69) is 0 Å². The zero-order valence-electron chi connectivity index (χ0n) is 13.8. The van der Waals surface area contributed by atoms with Gasteiger partial charge >= 0.3 is 18.1 Å². The maximum absolute atomic E-state index is 12.5. The average molecular weight is 346 g/mol. The lowest BCUT2D eigenvalue weighted by Gasteiger charge is -2.28. The molecule has 2 atom stereocenters. The van der Waals surface area contributed by atoms with Gasteiger partial charge in [-0.1, -0.05) is 30.3 Å². The number of hydrogen-bond acceptors (Lipinski definition) is 3. The highest BCUT2D eigenvalue weighted by molar-refractivity contribution is 5.85. The summed E-state index contributed by atoms with van der Waals surface area (Å²) in [6.07, 6.45) is -6.48. The lowest BCUT2D eigenvalue weighted by atomic mass is 9.83. The highest BCUT2D eigenvalue weighted by atomic mass is 19.4. The monoisotopic (exact) mass is 346 g/mol. The van der Waals surface area contributed by atoms with Gasteiger partial charge < -0.3 is 9.84 Å². The van der Waals surface area contributed by atoms with Crippen LogP contribution in [0.3, 0.4) is 0 Å². The number of halogens is 3. The summed E-state index contributed by atoms with van der Waals surface area (Å²) < 4.78 is 42.8. The molecule has 24 heavy (non-hydrogen) atoms. The molecule has 0 aliphatic carbocycles. The third-order valence-electron chi connectivity index (χ3n) is 3.28. The first kappa shape index (κ1) is 20.0. The zero-order chi connectivity index (χ0) is 18.5. The fraction of sp³-hybridized carbons (Fsp3) is 0.529. The van der Waals surface area contributed by atoms with Crippen molar-refractivity contribution in [2.24, 2.45) is 5.92 Å². The van der Waals surface area contributed by atoms with Gasteiger partial charge in [-0.25, -0.2) is 0 Å². The molecule has 0 aliphatic heterocycles. The molecule has 0 saturated carbocycles. The Labute approximate surface area is 138 Å². The van der Waals surface area contributed by atoms with Crippen LogP contribution in [0.4, 0.5) is 13.2 Å². The van der Waals surface area contributed by atoms with Gasteiger partial charge in [-0.3, -0.25) is 9.59 Å². The lowest BCUT2D eigenvalue weighted by molar-refractivity contribution is -0.165. The van der Waals surface area contributed by atoms with Crippen LogP contribution in [0.1, 0.15) is 45.1 Å². The summed E-state index contributed by atoms with van der Waals surface area (Å²) in [5.41, 5.74) is -0.557. The second-order valence-electron chi connectivity index (χ2n) is 6.52. The molecule has 0 radical (unpaired) electrons.